The van der Waals surface area contributed by atoms with Crippen molar-refractivity contribution in [1.29, 1.82) is 0 Å². The summed E-state index contributed by atoms with van der Waals surface area (Å²) in [5.41, 5.74) is 2.06. The maximum atomic E-state index is 13.5. The Hall–Kier alpha value is -2.08. The van der Waals surface area contributed by atoms with Crippen LogP contribution in [0.5, 0.6) is 0 Å². The standard InChI is InChI=1S/C20H24F2N4/c1-15-19(24-8-7-23-15)26-10-6-20(14-26)5-2-9-25(13-20)12-16-3-4-17(21)18(22)11-16/h3-4,7-8,11H,2,5-6,9-10,12-14H2,1H3/t20-/m0/s1. The Morgan fingerprint density at radius 3 is 2.69 bits per heavy atom. The van der Waals surface area contributed by atoms with E-state index in [0.717, 1.165) is 56.1 Å². The number of benzene rings is 1. The van der Waals surface area contributed by atoms with E-state index in [1.54, 1.807) is 18.5 Å². The SMILES string of the molecule is Cc1nccnc1N1CC[C@]2(CCCN(Cc3ccc(F)c(F)c3)C2)C1. The molecule has 0 saturated carbocycles. The molecule has 2 saturated heterocycles. The van der Waals surface area contributed by atoms with Gasteiger partial charge in [-0.2, -0.15) is 0 Å². The first-order chi connectivity index (χ1) is 12.5. The zero-order valence-electron chi connectivity index (χ0n) is 15.1. The molecule has 0 bridgehead atoms. The highest BCUT2D eigenvalue weighted by molar-refractivity contribution is 5.44. The van der Waals surface area contributed by atoms with Gasteiger partial charge in [-0.05, 0) is 50.4 Å². The van der Waals surface area contributed by atoms with E-state index >= 15 is 0 Å². The molecule has 1 aromatic carbocycles. The third kappa shape index (κ3) is 3.43. The van der Waals surface area contributed by atoms with Crippen molar-refractivity contribution in [2.75, 3.05) is 31.1 Å². The van der Waals surface area contributed by atoms with Crippen LogP contribution in [-0.4, -0.2) is 41.0 Å². The highest BCUT2D eigenvalue weighted by Gasteiger charge is 2.42. The van der Waals surface area contributed by atoms with Crippen LogP contribution >= 0.6 is 0 Å². The average molecular weight is 358 g/mol. The molecule has 2 aromatic rings. The Morgan fingerprint density at radius 2 is 1.88 bits per heavy atom. The first-order valence-corrected chi connectivity index (χ1v) is 9.24. The minimum Gasteiger partial charge on any atom is -0.354 e. The summed E-state index contributed by atoms with van der Waals surface area (Å²) in [5, 5.41) is 0. The molecule has 1 atom stereocenters. The minimum absolute atomic E-state index is 0.251. The Kier molecular flexibility index (Phi) is 4.61. The van der Waals surface area contributed by atoms with Crippen molar-refractivity contribution in [3.05, 3.63) is 53.5 Å². The van der Waals surface area contributed by atoms with E-state index in [0.29, 0.717) is 6.54 Å². The lowest BCUT2D eigenvalue weighted by Gasteiger charge is -2.40. The second-order valence-electron chi connectivity index (χ2n) is 7.70. The molecule has 0 radical (unpaired) electrons. The normalized spacial score (nSPS) is 23.7. The molecule has 1 spiro atoms. The lowest BCUT2D eigenvalue weighted by atomic mass is 9.79. The van der Waals surface area contributed by atoms with Crippen molar-refractivity contribution < 1.29 is 8.78 Å². The van der Waals surface area contributed by atoms with Crippen LogP contribution in [0.15, 0.2) is 30.6 Å². The number of aryl methyl sites for hydroxylation is 1. The molecule has 2 fully saturated rings. The molecule has 0 unspecified atom stereocenters. The number of hydrogen-bond donors (Lipinski definition) is 0. The van der Waals surface area contributed by atoms with E-state index in [2.05, 4.69) is 19.8 Å². The first-order valence-electron chi connectivity index (χ1n) is 9.24. The van der Waals surface area contributed by atoms with Gasteiger partial charge in [0, 0.05) is 44.0 Å². The molecule has 1 aromatic heterocycles. The number of aromatic nitrogens is 2. The van der Waals surface area contributed by atoms with E-state index in [1.165, 1.54) is 18.6 Å². The van der Waals surface area contributed by atoms with Gasteiger partial charge in [0.25, 0.3) is 0 Å². The second kappa shape index (κ2) is 6.91. The molecule has 26 heavy (non-hydrogen) atoms. The quantitative estimate of drug-likeness (QED) is 0.840. The zero-order chi connectivity index (χ0) is 18.1. The van der Waals surface area contributed by atoms with Gasteiger partial charge in [0.05, 0.1) is 5.69 Å². The van der Waals surface area contributed by atoms with Crippen LogP contribution < -0.4 is 4.90 Å². The molecule has 4 nitrogen and oxygen atoms in total. The molecule has 138 valence electrons. The predicted molar refractivity (Wildman–Crippen MR) is 96.9 cm³/mol. The molecule has 0 aliphatic carbocycles. The van der Waals surface area contributed by atoms with Crippen molar-refractivity contribution in [3.8, 4) is 0 Å². The number of piperidine rings is 1. The highest BCUT2D eigenvalue weighted by Crippen LogP contribution is 2.40. The molecular weight excluding hydrogens is 334 g/mol. The summed E-state index contributed by atoms with van der Waals surface area (Å²) in [4.78, 5) is 13.6. The summed E-state index contributed by atoms with van der Waals surface area (Å²) in [6, 6.07) is 4.22. The number of nitrogens with zero attached hydrogens (tertiary/aromatic N) is 4. The zero-order valence-corrected chi connectivity index (χ0v) is 15.1. The average Bonchev–Trinajstić information content (AvgIpc) is 3.02. The predicted octanol–water partition coefficient (Wildman–Crippen LogP) is 3.56. The smallest absolute Gasteiger partial charge is 0.159 e. The Morgan fingerprint density at radius 1 is 1.04 bits per heavy atom. The second-order valence-corrected chi connectivity index (χ2v) is 7.70. The van der Waals surface area contributed by atoms with Crippen molar-refractivity contribution in [1.82, 2.24) is 14.9 Å². The molecule has 6 heteroatoms. The summed E-state index contributed by atoms with van der Waals surface area (Å²) in [5.74, 6) is -0.559. The van der Waals surface area contributed by atoms with E-state index in [1.807, 2.05) is 6.92 Å². The van der Waals surface area contributed by atoms with Crippen LogP contribution in [-0.2, 0) is 6.54 Å². The van der Waals surface area contributed by atoms with E-state index < -0.39 is 11.6 Å². The van der Waals surface area contributed by atoms with Gasteiger partial charge >= 0.3 is 0 Å². The monoisotopic (exact) mass is 358 g/mol. The van der Waals surface area contributed by atoms with Crippen molar-refractivity contribution in [2.24, 2.45) is 5.41 Å². The summed E-state index contributed by atoms with van der Waals surface area (Å²) in [6.45, 7) is 6.65. The van der Waals surface area contributed by atoms with Crippen molar-refractivity contribution >= 4 is 5.82 Å². The number of halogens is 2. The number of likely N-dealkylation sites (tertiary alicyclic amines) is 1. The van der Waals surface area contributed by atoms with E-state index in [-0.39, 0.29) is 5.41 Å². The molecular formula is C20H24F2N4. The topological polar surface area (TPSA) is 32.3 Å². The van der Waals surface area contributed by atoms with Gasteiger partial charge in [0.2, 0.25) is 0 Å². The van der Waals surface area contributed by atoms with E-state index in [9.17, 15) is 8.78 Å². The van der Waals surface area contributed by atoms with Gasteiger partial charge in [-0.1, -0.05) is 6.07 Å². The van der Waals surface area contributed by atoms with Crippen LogP contribution in [0.1, 0.15) is 30.5 Å². The molecule has 4 rings (SSSR count). The minimum atomic E-state index is -0.783. The molecule has 3 heterocycles. The number of anilines is 1. The van der Waals surface area contributed by atoms with Crippen LogP contribution in [0.3, 0.4) is 0 Å². The van der Waals surface area contributed by atoms with Gasteiger partial charge in [-0.25, -0.2) is 13.8 Å². The number of rotatable bonds is 3. The summed E-state index contributed by atoms with van der Waals surface area (Å²) < 4.78 is 26.6. The molecule has 2 aliphatic rings. The third-order valence-electron chi connectivity index (χ3n) is 5.72. The van der Waals surface area contributed by atoms with Crippen molar-refractivity contribution in [3.63, 3.8) is 0 Å². The maximum Gasteiger partial charge on any atom is 0.159 e. The Labute approximate surface area is 152 Å². The Bertz CT molecular complexity index is 797. The van der Waals surface area contributed by atoms with Crippen LogP contribution in [0.2, 0.25) is 0 Å². The summed E-state index contributed by atoms with van der Waals surface area (Å²) >= 11 is 0. The molecule has 0 N–H and O–H groups in total. The Balaban J connectivity index is 1.45. The van der Waals surface area contributed by atoms with Gasteiger partial charge in [-0.3, -0.25) is 9.88 Å². The number of hydrogen-bond acceptors (Lipinski definition) is 4. The van der Waals surface area contributed by atoms with Gasteiger partial charge in [-0.15, -0.1) is 0 Å². The fourth-order valence-electron chi connectivity index (χ4n) is 4.50. The molecule has 0 amide bonds. The van der Waals surface area contributed by atoms with E-state index in [4.69, 9.17) is 0 Å². The largest absolute Gasteiger partial charge is 0.354 e. The fraction of sp³-hybridized carbons (Fsp3) is 0.500. The van der Waals surface area contributed by atoms with Crippen LogP contribution in [0, 0.1) is 24.0 Å². The van der Waals surface area contributed by atoms with Crippen molar-refractivity contribution in [2.45, 2.75) is 32.7 Å². The third-order valence-corrected chi connectivity index (χ3v) is 5.72. The fourth-order valence-corrected chi connectivity index (χ4v) is 4.50. The van der Waals surface area contributed by atoms with Crippen LogP contribution in [0.4, 0.5) is 14.6 Å². The van der Waals surface area contributed by atoms with Crippen LogP contribution in [0.25, 0.3) is 0 Å². The van der Waals surface area contributed by atoms with Gasteiger partial charge in [0.15, 0.2) is 11.6 Å². The lowest BCUT2D eigenvalue weighted by Crippen LogP contribution is -2.44. The summed E-state index contributed by atoms with van der Waals surface area (Å²) in [6.07, 6.45) is 6.96. The lowest BCUT2D eigenvalue weighted by molar-refractivity contribution is 0.0990. The summed E-state index contributed by atoms with van der Waals surface area (Å²) in [7, 11) is 0. The molecule has 2 aliphatic heterocycles. The first kappa shape index (κ1) is 17.3. The highest BCUT2D eigenvalue weighted by atomic mass is 19.2. The maximum absolute atomic E-state index is 13.5. The van der Waals surface area contributed by atoms with Gasteiger partial charge in [0.1, 0.15) is 5.82 Å². The van der Waals surface area contributed by atoms with Gasteiger partial charge < -0.3 is 4.90 Å².